The number of para-hydroxylation sites is 1. The van der Waals surface area contributed by atoms with Gasteiger partial charge < -0.3 is 10.1 Å². The van der Waals surface area contributed by atoms with Crippen LogP contribution in [-0.4, -0.2) is 51.8 Å². The highest BCUT2D eigenvalue weighted by atomic mass is 16.5. The normalized spacial score (nSPS) is 17.5. The Hall–Kier alpha value is -3.16. The fraction of sp³-hybridized carbons (Fsp3) is 0.368. The maximum Gasteiger partial charge on any atom is 0.357 e. The fourth-order valence-corrected chi connectivity index (χ4v) is 3.06. The van der Waals surface area contributed by atoms with E-state index in [9.17, 15) is 14.4 Å². The van der Waals surface area contributed by atoms with Crippen LogP contribution in [-0.2, 0) is 9.53 Å². The Morgan fingerprint density at radius 2 is 2.00 bits per heavy atom. The second kappa shape index (κ2) is 6.86. The van der Waals surface area contributed by atoms with Crippen LogP contribution < -0.4 is 5.32 Å². The third kappa shape index (κ3) is 3.42. The van der Waals surface area contributed by atoms with Crippen LogP contribution in [0.5, 0.6) is 0 Å². The number of esters is 1. The van der Waals surface area contributed by atoms with Crippen LogP contribution >= 0.6 is 0 Å². The highest BCUT2D eigenvalue weighted by Gasteiger charge is 2.33. The predicted molar refractivity (Wildman–Crippen MR) is 95.5 cm³/mol. The summed E-state index contributed by atoms with van der Waals surface area (Å²) in [6.45, 7) is 2.14. The first-order valence-electron chi connectivity index (χ1n) is 9.00. The van der Waals surface area contributed by atoms with Gasteiger partial charge in [-0.2, -0.15) is 5.10 Å². The van der Waals surface area contributed by atoms with Gasteiger partial charge in [-0.15, -0.1) is 0 Å². The number of benzene rings is 1. The molecule has 8 heteroatoms. The van der Waals surface area contributed by atoms with Gasteiger partial charge in [-0.3, -0.25) is 9.69 Å². The van der Waals surface area contributed by atoms with E-state index in [4.69, 9.17) is 4.74 Å². The number of ether oxygens (including phenoxy) is 1. The Kier molecular flexibility index (Phi) is 4.39. The van der Waals surface area contributed by atoms with E-state index in [1.54, 1.807) is 10.7 Å². The molecule has 1 saturated heterocycles. The maximum atomic E-state index is 12.8. The summed E-state index contributed by atoms with van der Waals surface area (Å²) >= 11 is 0. The lowest BCUT2D eigenvalue weighted by Crippen LogP contribution is -2.42. The molecule has 3 amide bonds. The van der Waals surface area contributed by atoms with E-state index in [-0.39, 0.29) is 12.2 Å². The zero-order chi connectivity index (χ0) is 19.0. The third-order valence-electron chi connectivity index (χ3n) is 4.69. The number of nitrogens with one attached hydrogen (secondary N) is 1. The van der Waals surface area contributed by atoms with Crippen molar-refractivity contribution in [3.8, 4) is 5.69 Å². The summed E-state index contributed by atoms with van der Waals surface area (Å²) in [5.41, 5.74) is 1.87. The average Bonchev–Trinajstić information content (AvgIpc) is 3.28. The molecule has 27 heavy (non-hydrogen) atoms. The Labute approximate surface area is 156 Å². The molecule has 1 atom stereocenters. The van der Waals surface area contributed by atoms with Crippen molar-refractivity contribution < 1.29 is 19.1 Å². The van der Waals surface area contributed by atoms with Gasteiger partial charge in [0.05, 0.1) is 11.4 Å². The van der Waals surface area contributed by atoms with Crippen LogP contribution in [0.3, 0.4) is 0 Å². The second-order valence-corrected chi connectivity index (χ2v) is 6.75. The van der Waals surface area contributed by atoms with Crippen molar-refractivity contribution in [2.24, 2.45) is 0 Å². The van der Waals surface area contributed by atoms with E-state index in [1.807, 2.05) is 30.3 Å². The highest BCUT2D eigenvalue weighted by molar-refractivity contribution is 5.99. The molecule has 8 nitrogen and oxygen atoms in total. The molecule has 0 unspecified atom stereocenters. The number of hydrogen-bond donors (Lipinski definition) is 1. The van der Waals surface area contributed by atoms with Crippen molar-refractivity contribution in [3.05, 3.63) is 47.8 Å². The van der Waals surface area contributed by atoms with Crippen molar-refractivity contribution in [1.29, 1.82) is 0 Å². The Bertz CT molecular complexity index is 888. The molecular weight excluding hydrogens is 348 g/mol. The van der Waals surface area contributed by atoms with Crippen LogP contribution in [0, 0.1) is 0 Å². The van der Waals surface area contributed by atoms with Gasteiger partial charge in [0.2, 0.25) is 0 Å². The molecule has 1 aliphatic carbocycles. The summed E-state index contributed by atoms with van der Waals surface area (Å²) < 4.78 is 6.91. The van der Waals surface area contributed by atoms with Crippen molar-refractivity contribution in [3.63, 3.8) is 0 Å². The first-order chi connectivity index (χ1) is 13.0. The minimum atomic E-state index is -1.06. The molecule has 0 radical (unpaired) electrons. The van der Waals surface area contributed by atoms with E-state index in [1.165, 1.54) is 6.92 Å². The minimum absolute atomic E-state index is 0.271. The topological polar surface area (TPSA) is 93.5 Å². The van der Waals surface area contributed by atoms with Gasteiger partial charge in [0.15, 0.2) is 11.8 Å². The summed E-state index contributed by atoms with van der Waals surface area (Å²) in [6.07, 6.45) is 1.04. The van der Waals surface area contributed by atoms with Crippen LogP contribution in [0.1, 0.15) is 41.9 Å². The molecule has 4 rings (SSSR count). The molecule has 1 N–H and O–H groups in total. The molecule has 1 aliphatic heterocycles. The summed E-state index contributed by atoms with van der Waals surface area (Å²) in [6, 6.07) is 10.6. The quantitative estimate of drug-likeness (QED) is 0.813. The van der Waals surface area contributed by atoms with Gasteiger partial charge in [-0.1, -0.05) is 18.2 Å². The molecule has 0 bridgehead atoms. The van der Waals surface area contributed by atoms with Gasteiger partial charge in [0.25, 0.3) is 5.91 Å². The molecule has 2 fully saturated rings. The van der Waals surface area contributed by atoms with Gasteiger partial charge in [-0.25, -0.2) is 14.3 Å². The largest absolute Gasteiger partial charge is 0.448 e. The summed E-state index contributed by atoms with van der Waals surface area (Å²) in [5.74, 6) is -0.806. The Morgan fingerprint density at radius 1 is 1.26 bits per heavy atom. The number of hydrogen-bond acceptors (Lipinski definition) is 5. The van der Waals surface area contributed by atoms with Crippen LogP contribution in [0.25, 0.3) is 5.69 Å². The van der Waals surface area contributed by atoms with E-state index < -0.39 is 24.0 Å². The van der Waals surface area contributed by atoms with E-state index in [0.717, 1.165) is 29.1 Å². The van der Waals surface area contributed by atoms with E-state index >= 15 is 0 Å². The van der Waals surface area contributed by atoms with E-state index in [2.05, 4.69) is 10.4 Å². The first kappa shape index (κ1) is 17.3. The molecule has 1 saturated carbocycles. The maximum absolute atomic E-state index is 12.8. The van der Waals surface area contributed by atoms with Crippen molar-refractivity contribution in [1.82, 2.24) is 20.0 Å². The van der Waals surface area contributed by atoms with Gasteiger partial charge >= 0.3 is 12.0 Å². The van der Waals surface area contributed by atoms with Crippen LogP contribution in [0.15, 0.2) is 36.4 Å². The van der Waals surface area contributed by atoms with Crippen molar-refractivity contribution in [2.45, 2.75) is 31.8 Å². The number of rotatable bonds is 5. The molecule has 140 valence electrons. The van der Waals surface area contributed by atoms with Gasteiger partial charge in [-0.05, 0) is 38.0 Å². The average molecular weight is 368 g/mol. The second-order valence-electron chi connectivity index (χ2n) is 6.75. The van der Waals surface area contributed by atoms with Crippen molar-refractivity contribution >= 4 is 17.9 Å². The molecular formula is C19H20N4O4. The van der Waals surface area contributed by atoms with Gasteiger partial charge in [0.1, 0.15) is 0 Å². The Morgan fingerprint density at radius 3 is 2.63 bits per heavy atom. The standard InChI is InChI=1S/C19H20N4O4/c1-12(17(24)22-10-9-20-19(22)26)27-18(25)16-11-15(13-7-8-13)21-23(16)14-5-3-2-4-6-14/h2-6,11-13H,7-10H2,1H3,(H,20,26)/t12-/m1/s1. The van der Waals surface area contributed by atoms with E-state index in [0.29, 0.717) is 12.5 Å². The smallest absolute Gasteiger partial charge is 0.357 e. The SMILES string of the molecule is C[C@@H](OC(=O)c1cc(C2CC2)nn1-c1ccccc1)C(=O)N1CCNC1=O. The van der Waals surface area contributed by atoms with Gasteiger partial charge in [0, 0.05) is 19.0 Å². The first-order valence-corrected chi connectivity index (χ1v) is 9.00. The summed E-state index contributed by atoms with van der Waals surface area (Å²) in [7, 11) is 0. The molecule has 1 aromatic heterocycles. The zero-order valence-electron chi connectivity index (χ0n) is 14.9. The van der Waals surface area contributed by atoms with Crippen molar-refractivity contribution in [2.75, 3.05) is 13.1 Å². The Balaban J connectivity index is 1.56. The molecule has 1 aromatic carbocycles. The number of nitrogens with zero attached hydrogens (tertiary/aromatic N) is 3. The summed E-state index contributed by atoms with van der Waals surface area (Å²) in [4.78, 5) is 37.8. The predicted octanol–water partition coefficient (Wildman–Crippen LogP) is 1.85. The molecule has 2 aromatic rings. The zero-order valence-corrected chi connectivity index (χ0v) is 14.9. The minimum Gasteiger partial charge on any atom is -0.448 e. The monoisotopic (exact) mass is 368 g/mol. The molecule has 2 aliphatic rings. The highest BCUT2D eigenvalue weighted by Crippen LogP contribution is 2.39. The molecule has 2 heterocycles. The fourth-order valence-electron chi connectivity index (χ4n) is 3.06. The lowest BCUT2D eigenvalue weighted by Gasteiger charge is -2.18. The number of carbonyl (C=O) groups is 3. The summed E-state index contributed by atoms with van der Waals surface area (Å²) in [5, 5.41) is 7.12. The van der Waals surface area contributed by atoms with Crippen LogP contribution in [0.2, 0.25) is 0 Å². The third-order valence-corrected chi connectivity index (χ3v) is 4.69. The number of amides is 3. The number of aromatic nitrogens is 2. The van der Waals surface area contributed by atoms with Crippen LogP contribution in [0.4, 0.5) is 4.79 Å². The number of urea groups is 1. The number of carbonyl (C=O) groups excluding carboxylic acids is 3. The lowest BCUT2D eigenvalue weighted by atomic mass is 10.2. The lowest BCUT2D eigenvalue weighted by molar-refractivity contribution is -0.136. The molecule has 0 spiro atoms. The number of imide groups is 1.